The maximum absolute atomic E-state index is 12.5. The second kappa shape index (κ2) is 5.94. The number of ether oxygens (including phenoxy) is 1. The molecule has 0 radical (unpaired) electrons. The summed E-state index contributed by atoms with van der Waals surface area (Å²) in [5.41, 5.74) is 6.28. The van der Waals surface area contributed by atoms with Gasteiger partial charge in [-0.25, -0.2) is 0 Å². The smallest absolute Gasteiger partial charge is 0.387 e. The lowest BCUT2D eigenvalue weighted by Gasteiger charge is -2.36. The van der Waals surface area contributed by atoms with Crippen LogP contribution in [0.3, 0.4) is 0 Å². The molecule has 8 heteroatoms. The number of hydrogen-bond donors (Lipinski definition) is 1. The van der Waals surface area contributed by atoms with Crippen molar-refractivity contribution in [2.75, 3.05) is 7.05 Å². The van der Waals surface area contributed by atoms with E-state index < -0.39 is 12.5 Å². The molecule has 0 aliphatic carbocycles. The van der Waals surface area contributed by atoms with Crippen molar-refractivity contribution < 1.29 is 18.3 Å². The topological polar surface area (TPSA) is 73.4 Å². The molecule has 2 fully saturated rings. The van der Waals surface area contributed by atoms with Crippen molar-refractivity contribution in [1.29, 1.82) is 0 Å². The molecule has 2 N–H and O–H groups in total. The zero-order chi connectivity index (χ0) is 17.7. The van der Waals surface area contributed by atoms with Crippen LogP contribution >= 0.6 is 0 Å². The van der Waals surface area contributed by atoms with E-state index >= 15 is 0 Å². The summed E-state index contributed by atoms with van der Waals surface area (Å²) in [6.45, 7) is -2.92. The van der Waals surface area contributed by atoms with Crippen LogP contribution in [0.2, 0.25) is 0 Å². The number of amides is 1. The van der Waals surface area contributed by atoms with Gasteiger partial charge < -0.3 is 15.4 Å². The molecule has 0 spiro atoms. The number of primary amides is 1. The molecule has 2 aromatic rings. The highest BCUT2D eigenvalue weighted by Crippen LogP contribution is 2.41. The Morgan fingerprint density at radius 3 is 2.56 bits per heavy atom. The van der Waals surface area contributed by atoms with Gasteiger partial charge in [-0.3, -0.25) is 9.48 Å². The molecule has 1 aromatic heterocycles. The monoisotopic (exact) mass is 350 g/mol. The minimum absolute atomic E-state index is 0.00648. The predicted molar refractivity (Wildman–Crippen MR) is 87.7 cm³/mol. The summed E-state index contributed by atoms with van der Waals surface area (Å²) in [5, 5.41) is 4.89. The van der Waals surface area contributed by atoms with Crippen LogP contribution in [0.25, 0.3) is 10.9 Å². The van der Waals surface area contributed by atoms with Gasteiger partial charge in [0.1, 0.15) is 5.75 Å². The first-order valence-corrected chi connectivity index (χ1v) is 8.43. The van der Waals surface area contributed by atoms with Crippen LogP contribution in [0, 0.1) is 0 Å². The molecule has 3 heterocycles. The molecule has 2 unspecified atom stereocenters. The summed E-state index contributed by atoms with van der Waals surface area (Å²) in [4.78, 5) is 14.2. The third-order valence-electron chi connectivity index (χ3n) is 5.56. The van der Waals surface area contributed by atoms with Crippen molar-refractivity contribution in [1.82, 2.24) is 14.7 Å². The maximum atomic E-state index is 12.5. The minimum Gasteiger partial charge on any atom is -0.435 e. The lowest BCUT2D eigenvalue weighted by atomic mass is 9.98. The van der Waals surface area contributed by atoms with Gasteiger partial charge in [0.05, 0.1) is 11.6 Å². The number of rotatable bonds is 4. The third kappa shape index (κ3) is 2.74. The Kier molecular flexibility index (Phi) is 3.87. The summed E-state index contributed by atoms with van der Waals surface area (Å²) >= 11 is 0. The lowest BCUT2D eigenvalue weighted by Crippen LogP contribution is -2.40. The van der Waals surface area contributed by atoms with Gasteiger partial charge in [0.2, 0.25) is 0 Å². The standard InChI is InChI=1S/C17H20F2N4O2/c1-22-9-2-3-10(22)7-11(6-9)23-14-5-4-12(25-17(18)19)8-13(14)15(21-23)16(20)24/h4-5,8-11,17H,2-3,6-7H2,1H3,(H2,20,24). The Labute approximate surface area is 143 Å². The molecule has 2 aliphatic rings. The fourth-order valence-corrected chi connectivity index (χ4v) is 4.34. The van der Waals surface area contributed by atoms with Crippen LogP contribution in [0.1, 0.15) is 42.2 Å². The SMILES string of the molecule is CN1C2CCC1CC(n1nc(C(N)=O)c3cc(OC(F)F)ccc31)C2. The highest BCUT2D eigenvalue weighted by atomic mass is 19.3. The van der Waals surface area contributed by atoms with Crippen molar-refractivity contribution in [3.8, 4) is 5.75 Å². The highest BCUT2D eigenvalue weighted by Gasteiger charge is 2.40. The number of benzene rings is 1. The molecular weight excluding hydrogens is 330 g/mol. The van der Waals surface area contributed by atoms with Gasteiger partial charge in [-0.15, -0.1) is 0 Å². The number of hydrogen-bond acceptors (Lipinski definition) is 4. The quantitative estimate of drug-likeness (QED) is 0.920. The normalized spacial score (nSPS) is 26.5. The van der Waals surface area contributed by atoms with Crippen LogP contribution in [-0.4, -0.2) is 46.3 Å². The van der Waals surface area contributed by atoms with Crippen molar-refractivity contribution >= 4 is 16.8 Å². The molecule has 2 aliphatic heterocycles. The molecule has 2 saturated heterocycles. The zero-order valence-corrected chi connectivity index (χ0v) is 13.9. The van der Waals surface area contributed by atoms with Crippen molar-refractivity contribution in [3.05, 3.63) is 23.9 Å². The van der Waals surface area contributed by atoms with Gasteiger partial charge in [0.15, 0.2) is 5.69 Å². The molecule has 4 rings (SSSR count). The first kappa shape index (κ1) is 16.3. The van der Waals surface area contributed by atoms with E-state index in [0.717, 1.165) is 18.4 Å². The fourth-order valence-electron chi connectivity index (χ4n) is 4.34. The zero-order valence-electron chi connectivity index (χ0n) is 13.9. The second-order valence-corrected chi connectivity index (χ2v) is 6.89. The van der Waals surface area contributed by atoms with Gasteiger partial charge in [0, 0.05) is 17.5 Å². The molecule has 134 valence electrons. The lowest BCUT2D eigenvalue weighted by molar-refractivity contribution is -0.0497. The van der Waals surface area contributed by atoms with E-state index in [1.165, 1.54) is 25.0 Å². The van der Waals surface area contributed by atoms with E-state index in [-0.39, 0.29) is 17.5 Å². The second-order valence-electron chi connectivity index (χ2n) is 6.89. The molecule has 2 atom stereocenters. The van der Waals surface area contributed by atoms with Crippen LogP contribution in [0.5, 0.6) is 5.75 Å². The van der Waals surface area contributed by atoms with Crippen LogP contribution in [-0.2, 0) is 0 Å². The van der Waals surface area contributed by atoms with E-state index in [1.54, 1.807) is 6.07 Å². The van der Waals surface area contributed by atoms with Gasteiger partial charge in [-0.05, 0) is 50.9 Å². The van der Waals surface area contributed by atoms with E-state index in [2.05, 4.69) is 21.8 Å². The Bertz CT molecular complexity index is 808. The van der Waals surface area contributed by atoms with Crippen molar-refractivity contribution in [2.24, 2.45) is 5.73 Å². The number of fused-ring (bicyclic) bond motifs is 3. The number of halogens is 2. The number of nitrogens with two attached hydrogens (primary N) is 1. The first-order chi connectivity index (χ1) is 11.9. The number of carbonyl (C=O) groups is 1. The van der Waals surface area contributed by atoms with Crippen LogP contribution < -0.4 is 10.5 Å². The summed E-state index contributed by atoms with van der Waals surface area (Å²) in [6, 6.07) is 5.76. The molecule has 1 amide bonds. The summed E-state index contributed by atoms with van der Waals surface area (Å²) in [6.07, 6.45) is 4.26. The van der Waals surface area contributed by atoms with Crippen molar-refractivity contribution in [3.63, 3.8) is 0 Å². The minimum atomic E-state index is -2.92. The fraction of sp³-hybridized carbons (Fsp3) is 0.529. The average Bonchev–Trinajstić information content (AvgIpc) is 2.99. The number of aromatic nitrogens is 2. The largest absolute Gasteiger partial charge is 0.435 e. The van der Waals surface area contributed by atoms with E-state index in [4.69, 9.17) is 5.73 Å². The predicted octanol–water partition coefficient (Wildman–Crippen LogP) is 2.53. The van der Waals surface area contributed by atoms with Gasteiger partial charge in [-0.1, -0.05) is 0 Å². The Morgan fingerprint density at radius 2 is 1.96 bits per heavy atom. The first-order valence-electron chi connectivity index (χ1n) is 8.43. The summed E-state index contributed by atoms with van der Waals surface area (Å²) in [7, 11) is 2.16. The van der Waals surface area contributed by atoms with Crippen LogP contribution in [0.4, 0.5) is 8.78 Å². The Balaban J connectivity index is 1.75. The Morgan fingerprint density at radius 1 is 1.28 bits per heavy atom. The summed E-state index contributed by atoms with van der Waals surface area (Å²) < 4.78 is 31.2. The molecule has 1 aromatic carbocycles. The number of carbonyl (C=O) groups excluding carboxylic acids is 1. The number of piperidine rings is 1. The van der Waals surface area contributed by atoms with Gasteiger partial charge in [-0.2, -0.15) is 13.9 Å². The maximum Gasteiger partial charge on any atom is 0.387 e. The molecule has 2 bridgehead atoms. The number of nitrogens with zero attached hydrogens (tertiary/aromatic N) is 3. The van der Waals surface area contributed by atoms with Crippen molar-refractivity contribution in [2.45, 2.75) is 50.4 Å². The molecular formula is C17H20F2N4O2. The van der Waals surface area contributed by atoms with E-state index in [1.807, 2.05) is 4.68 Å². The van der Waals surface area contributed by atoms with E-state index in [0.29, 0.717) is 17.5 Å². The molecule has 25 heavy (non-hydrogen) atoms. The van der Waals surface area contributed by atoms with E-state index in [9.17, 15) is 13.6 Å². The highest BCUT2D eigenvalue weighted by molar-refractivity contribution is 6.04. The molecule has 0 saturated carbocycles. The number of alkyl halides is 2. The third-order valence-corrected chi connectivity index (χ3v) is 5.56. The van der Waals surface area contributed by atoms with Gasteiger partial charge in [0.25, 0.3) is 5.91 Å². The van der Waals surface area contributed by atoms with Gasteiger partial charge >= 0.3 is 6.61 Å². The molecule has 6 nitrogen and oxygen atoms in total. The average molecular weight is 350 g/mol. The summed E-state index contributed by atoms with van der Waals surface area (Å²) in [5.74, 6) is -0.679. The Hall–Kier alpha value is -2.22. The van der Waals surface area contributed by atoms with Crippen LogP contribution in [0.15, 0.2) is 18.2 Å².